The van der Waals surface area contributed by atoms with E-state index in [1.54, 1.807) is 53.4 Å². The molecule has 0 spiro atoms. The Balaban J connectivity index is 1.42. The molecule has 0 aliphatic rings. The second-order valence-corrected chi connectivity index (χ2v) is 9.54. The lowest BCUT2D eigenvalue weighted by molar-refractivity contribution is 0.0960. The minimum absolute atomic E-state index is 0.140. The number of ether oxygens (including phenoxy) is 2. The van der Waals surface area contributed by atoms with E-state index < -0.39 is 10.0 Å². The summed E-state index contributed by atoms with van der Waals surface area (Å²) in [5.74, 6) is 1.77. The van der Waals surface area contributed by atoms with E-state index in [9.17, 15) is 13.2 Å². The van der Waals surface area contributed by atoms with Crippen LogP contribution < -0.4 is 19.1 Å². The monoisotopic (exact) mass is 506 g/mol. The Morgan fingerprint density at radius 3 is 2.17 bits per heavy atom. The number of carbonyl (C=O) groups excluding carboxylic acids is 1. The first kappa shape index (κ1) is 25.0. The van der Waals surface area contributed by atoms with E-state index in [4.69, 9.17) is 13.9 Å². The van der Waals surface area contributed by atoms with Crippen molar-refractivity contribution < 1.29 is 27.1 Å². The Bertz CT molecular complexity index is 1350. The van der Waals surface area contributed by atoms with E-state index >= 15 is 0 Å². The molecular formula is C27H26N2O6S. The van der Waals surface area contributed by atoms with E-state index in [2.05, 4.69) is 4.72 Å². The van der Waals surface area contributed by atoms with Crippen molar-refractivity contribution in [3.63, 3.8) is 0 Å². The number of carbonyl (C=O) groups is 1. The fourth-order valence-electron chi connectivity index (χ4n) is 3.48. The largest absolute Gasteiger partial charge is 0.497 e. The lowest BCUT2D eigenvalue weighted by Crippen LogP contribution is -2.34. The average molecular weight is 507 g/mol. The molecule has 186 valence electrons. The summed E-state index contributed by atoms with van der Waals surface area (Å²) in [6.07, 6.45) is 1.81. The van der Waals surface area contributed by atoms with Gasteiger partial charge in [0.15, 0.2) is 5.76 Å². The van der Waals surface area contributed by atoms with Gasteiger partial charge in [-0.25, -0.2) is 13.1 Å². The maximum absolute atomic E-state index is 13.1. The molecule has 1 aromatic heterocycles. The van der Waals surface area contributed by atoms with Gasteiger partial charge in [-0.2, -0.15) is 0 Å². The number of hydrogen-bond donors (Lipinski definition) is 1. The molecule has 8 nitrogen and oxygen atoms in total. The minimum Gasteiger partial charge on any atom is -0.497 e. The molecule has 0 fully saturated rings. The van der Waals surface area contributed by atoms with Crippen LogP contribution in [0.2, 0.25) is 0 Å². The van der Waals surface area contributed by atoms with Gasteiger partial charge in [-0.05, 0) is 79.2 Å². The molecule has 9 heteroatoms. The van der Waals surface area contributed by atoms with Crippen molar-refractivity contribution in [2.45, 2.75) is 11.3 Å². The highest BCUT2D eigenvalue weighted by Crippen LogP contribution is 2.25. The summed E-state index contributed by atoms with van der Waals surface area (Å²) in [5.41, 5.74) is 0.634. The van der Waals surface area contributed by atoms with E-state index in [0.29, 0.717) is 29.4 Å². The smallest absolute Gasteiger partial charge is 0.293 e. The Labute approximate surface area is 210 Å². The zero-order chi connectivity index (χ0) is 25.4. The van der Waals surface area contributed by atoms with Gasteiger partial charge in [0.25, 0.3) is 5.91 Å². The van der Waals surface area contributed by atoms with Crippen molar-refractivity contribution in [3.05, 3.63) is 103 Å². The quantitative estimate of drug-likeness (QED) is 0.284. The molecule has 0 saturated heterocycles. The van der Waals surface area contributed by atoms with Gasteiger partial charge in [0, 0.05) is 18.8 Å². The van der Waals surface area contributed by atoms with Crippen molar-refractivity contribution in [1.82, 2.24) is 4.72 Å². The van der Waals surface area contributed by atoms with Crippen LogP contribution in [0.3, 0.4) is 0 Å². The molecule has 1 heterocycles. The van der Waals surface area contributed by atoms with Crippen LogP contribution in [0.15, 0.2) is 107 Å². The Hall–Kier alpha value is -4.08. The van der Waals surface area contributed by atoms with E-state index in [1.807, 2.05) is 30.3 Å². The molecule has 4 aromatic rings. The highest BCUT2D eigenvalue weighted by molar-refractivity contribution is 7.89. The summed E-state index contributed by atoms with van der Waals surface area (Å²) >= 11 is 0. The number of para-hydroxylation sites is 1. The zero-order valence-electron chi connectivity index (χ0n) is 19.7. The molecule has 4 rings (SSSR count). The first-order chi connectivity index (χ1) is 17.5. The minimum atomic E-state index is -3.69. The van der Waals surface area contributed by atoms with Crippen LogP contribution >= 0.6 is 0 Å². The first-order valence-electron chi connectivity index (χ1n) is 11.3. The predicted molar refractivity (Wildman–Crippen MR) is 136 cm³/mol. The third-order valence-corrected chi connectivity index (χ3v) is 6.80. The summed E-state index contributed by atoms with van der Waals surface area (Å²) in [6, 6.07) is 25.9. The average Bonchev–Trinajstić information content (AvgIpc) is 3.45. The SMILES string of the molecule is COc1ccc(S(=O)(=O)NCCCN(C(=O)c2ccco2)c2ccc(Oc3ccccc3)cc2)cc1. The number of nitrogens with zero attached hydrogens (tertiary/aromatic N) is 1. The number of hydrogen-bond acceptors (Lipinski definition) is 6. The summed E-state index contributed by atoms with van der Waals surface area (Å²) in [5, 5.41) is 0. The van der Waals surface area contributed by atoms with Crippen molar-refractivity contribution in [2.24, 2.45) is 0 Å². The molecule has 36 heavy (non-hydrogen) atoms. The van der Waals surface area contributed by atoms with E-state index in [-0.39, 0.29) is 29.7 Å². The number of furan rings is 1. The Kier molecular flexibility index (Phi) is 8.04. The molecule has 0 aliphatic heterocycles. The number of sulfonamides is 1. The fourth-order valence-corrected chi connectivity index (χ4v) is 4.56. The molecule has 1 amide bonds. The van der Waals surface area contributed by atoms with Gasteiger partial charge in [-0.3, -0.25) is 4.79 Å². The maximum Gasteiger partial charge on any atom is 0.293 e. The molecule has 0 radical (unpaired) electrons. The molecule has 0 bridgehead atoms. The summed E-state index contributed by atoms with van der Waals surface area (Å²) in [7, 11) is -2.18. The molecule has 0 unspecified atom stereocenters. The lowest BCUT2D eigenvalue weighted by atomic mass is 10.2. The van der Waals surface area contributed by atoms with Crippen LogP contribution in [-0.2, 0) is 10.0 Å². The molecule has 0 saturated carbocycles. The van der Waals surface area contributed by atoms with Crippen molar-refractivity contribution in [3.8, 4) is 17.2 Å². The number of nitrogens with one attached hydrogen (secondary N) is 1. The van der Waals surface area contributed by atoms with Crippen LogP contribution in [0.1, 0.15) is 17.0 Å². The molecule has 1 N–H and O–H groups in total. The number of anilines is 1. The van der Waals surface area contributed by atoms with Gasteiger partial charge >= 0.3 is 0 Å². The highest BCUT2D eigenvalue weighted by atomic mass is 32.2. The van der Waals surface area contributed by atoms with Crippen LogP contribution in [0.25, 0.3) is 0 Å². The third-order valence-electron chi connectivity index (χ3n) is 5.32. The topological polar surface area (TPSA) is 98.1 Å². The third kappa shape index (κ3) is 6.32. The van der Waals surface area contributed by atoms with Gasteiger partial charge in [-0.1, -0.05) is 18.2 Å². The lowest BCUT2D eigenvalue weighted by Gasteiger charge is -2.22. The van der Waals surface area contributed by atoms with Gasteiger partial charge < -0.3 is 18.8 Å². The van der Waals surface area contributed by atoms with Crippen LogP contribution in [0.5, 0.6) is 17.2 Å². The van der Waals surface area contributed by atoms with Crippen LogP contribution in [0, 0.1) is 0 Å². The molecule has 0 aliphatic carbocycles. The van der Waals surface area contributed by atoms with E-state index in [1.165, 1.54) is 25.5 Å². The van der Waals surface area contributed by atoms with Crippen molar-refractivity contribution in [1.29, 1.82) is 0 Å². The summed E-state index contributed by atoms with van der Waals surface area (Å²) < 4.78 is 44.0. The second kappa shape index (κ2) is 11.6. The van der Waals surface area contributed by atoms with Crippen LogP contribution in [0.4, 0.5) is 5.69 Å². The van der Waals surface area contributed by atoms with Crippen LogP contribution in [-0.4, -0.2) is 34.5 Å². The Morgan fingerprint density at radius 2 is 1.53 bits per heavy atom. The summed E-state index contributed by atoms with van der Waals surface area (Å²) in [4.78, 5) is 14.8. The number of methoxy groups -OCH3 is 1. The standard InChI is InChI=1S/C27H26N2O6S/c1-33-22-14-16-25(17-15-22)36(31,32)28-18-6-19-29(27(30)26-9-5-20-34-26)21-10-12-24(13-11-21)35-23-7-3-2-4-8-23/h2-5,7-17,20,28H,6,18-19H2,1H3. The Morgan fingerprint density at radius 1 is 0.861 bits per heavy atom. The molecule has 0 atom stereocenters. The normalized spacial score (nSPS) is 11.1. The zero-order valence-corrected chi connectivity index (χ0v) is 20.5. The number of benzene rings is 3. The van der Waals surface area contributed by atoms with Gasteiger partial charge in [0.1, 0.15) is 17.2 Å². The maximum atomic E-state index is 13.1. The molecule has 3 aromatic carbocycles. The first-order valence-corrected chi connectivity index (χ1v) is 12.8. The fraction of sp³-hybridized carbons (Fsp3) is 0.148. The number of rotatable bonds is 11. The molecular weight excluding hydrogens is 480 g/mol. The van der Waals surface area contributed by atoms with E-state index in [0.717, 1.165) is 0 Å². The van der Waals surface area contributed by atoms with Gasteiger partial charge in [-0.15, -0.1) is 0 Å². The van der Waals surface area contributed by atoms with Gasteiger partial charge in [0.05, 0.1) is 18.3 Å². The number of amides is 1. The highest BCUT2D eigenvalue weighted by Gasteiger charge is 2.21. The summed E-state index contributed by atoms with van der Waals surface area (Å²) in [6.45, 7) is 0.412. The predicted octanol–water partition coefficient (Wildman–Crippen LogP) is 5.10. The second-order valence-electron chi connectivity index (χ2n) is 7.77. The van der Waals surface area contributed by atoms with Crippen molar-refractivity contribution >= 4 is 21.6 Å². The van der Waals surface area contributed by atoms with Crippen molar-refractivity contribution in [2.75, 3.05) is 25.1 Å². The van der Waals surface area contributed by atoms with Gasteiger partial charge in [0.2, 0.25) is 10.0 Å².